The van der Waals surface area contributed by atoms with Gasteiger partial charge in [-0.05, 0) is 13.8 Å². The van der Waals surface area contributed by atoms with E-state index in [4.69, 9.17) is 10.5 Å². The van der Waals surface area contributed by atoms with Crippen LogP contribution < -0.4 is 20.7 Å². The largest absolute Gasteiger partial charge is 0.491 e. The van der Waals surface area contributed by atoms with Crippen LogP contribution in [0.4, 0.5) is 15.8 Å². The fourth-order valence-electron chi connectivity index (χ4n) is 2.08. The number of hydrogen-bond acceptors (Lipinski definition) is 5. The number of benzene rings is 1. The topological polar surface area (TPSA) is 84.7 Å². The highest BCUT2D eigenvalue weighted by Crippen LogP contribution is 2.32. The molecule has 1 saturated heterocycles. The Labute approximate surface area is 115 Å². The summed E-state index contributed by atoms with van der Waals surface area (Å²) in [6, 6.07) is 1.97. The molecule has 1 aromatic carbocycles. The first kappa shape index (κ1) is 14.1. The number of nitrogens with two attached hydrogens (primary N) is 1. The number of anilines is 2. The molecule has 2 rings (SSSR count). The summed E-state index contributed by atoms with van der Waals surface area (Å²) in [6.45, 7) is 3.66. The van der Waals surface area contributed by atoms with Crippen molar-refractivity contribution in [1.29, 1.82) is 0 Å². The molecule has 3 N–H and O–H groups in total. The van der Waals surface area contributed by atoms with Crippen LogP contribution in [-0.2, 0) is 9.59 Å². The van der Waals surface area contributed by atoms with Gasteiger partial charge in [-0.2, -0.15) is 0 Å². The predicted octanol–water partition coefficient (Wildman–Crippen LogP) is 0.658. The highest BCUT2D eigenvalue weighted by atomic mass is 19.1. The number of hydrogen-bond donors (Lipinski definition) is 2. The molecule has 1 fully saturated rings. The quantitative estimate of drug-likeness (QED) is 0.628. The second kappa shape index (κ2) is 5.36. The lowest BCUT2D eigenvalue weighted by atomic mass is 10.1. The first-order valence-corrected chi connectivity index (χ1v) is 6.26. The summed E-state index contributed by atoms with van der Waals surface area (Å²) in [4.78, 5) is 24.7. The second-order valence-electron chi connectivity index (χ2n) is 4.49. The average Bonchev–Trinajstić information content (AvgIpc) is 2.37. The maximum atomic E-state index is 13.7. The maximum absolute atomic E-state index is 13.7. The zero-order valence-electron chi connectivity index (χ0n) is 11.3. The Morgan fingerprint density at radius 3 is 2.85 bits per heavy atom. The van der Waals surface area contributed by atoms with E-state index in [1.165, 1.54) is 11.0 Å². The Kier molecular flexibility index (Phi) is 3.78. The summed E-state index contributed by atoms with van der Waals surface area (Å²) < 4.78 is 18.8. The van der Waals surface area contributed by atoms with Gasteiger partial charge in [-0.15, -0.1) is 0 Å². The maximum Gasteiger partial charge on any atom is 0.249 e. The van der Waals surface area contributed by atoms with Gasteiger partial charge < -0.3 is 15.4 Å². The van der Waals surface area contributed by atoms with E-state index in [-0.39, 0.29) is 18.0 Å². The predicted molar refractivity (Wildman–Crippen MR) is 71.9 cm³/mol. The third-order valence-electron chi connectivity index (χ3n) is 3.11. The minimum atomic E-state index is -0.575. The van der Waals surface area contributed by atoms with Gasteiger partial charge in [0.15, 0.2) is 11.6 Å². The lowest BCUT2D eigenvalue weighted by molar-refractivity contribution is -0.132. The number of imide groups is 1. The summed E-state index contributed by atoms with van der Waals surface area (Å²) >= 11 is 0. The van der Waals surface area contributed by atoms with E-state index >= 15 is 0 Å². The summed E-state index contributed by atoms with van der Waals surface area (Å²) in [5.74, 6) is -1.37. The Morgan fingerprint density at radius 1 is 1.50 bits per heavy atom. The Balaban J connectivity index is 2.42. The molecular weight excluding hydrogens is 265 g/mol. The lowest BCUT2D eigenvalue weighted by Crippen LogP contribution is -2.57. The molecule has 1 unspecified atom stereocenters. The van der Waals surface area contributed by atoms with E-state index in [0.717, 1.165) is 6.07 Å². The summed E-state index contributed by atoms with van der Waals surface area (Å²) in [7, 11) is 0. The van der Waals surface area contributed by atoms with Crippen molar-refractivity contribution in [3.8, 4) is 5.75 Å². The highest BCUT2D eigenvalue weighted by molar-refractivity contribution is 6.05. The number of ether oxygens (including phenoxy) is 1. The molecule has 0 radical (unpaired) electrons. The zero-order chi connectivity index (χ0) is 14.9. The Hall–Kier alpha value is -2.31. The zero-order valence-corrected chi connectivity index (χ0v) is 11.3. The first-order chi connectivity index (χ1) is 9.43. The number of amides is 2. The molecule has 0 aliphatic carbocycles. The fraction of sp³-hybridized carbons (Fsp3) is 0.385. The molecule has 108 valence electrons. The van der Waals surface area contributed by atoms with Crippen LogP contribution in [-0.4, -0.2) is 31.0 Å². The lowest BCUT2D eigenvalue weighted by Gasteiger charge is -2.34. The average molecular weight is 281 g/mol. The molecule has 1 heterocycles. The van der Waals surface area contributed by atoms with Gasteiger partial charge >= 0.3 is 0 Å². The van der Waals surface area contributed by atoms with Gasteiger partial charge in [-0.3, -0.25) is 14.9 Å². The molecule has 1 aromatic rings. The summed E-state index contributed by atoms with van der Waals surface area (Å²) in [5.41, 5.74) is 6.35. The number of nitrogens with zero attached hydrogens (tertiary/aromatic N) is 1. The van der Waals surface area contributed by atoms with Crippen LogP contribution in [0.1, 0.15) is 13.8 Å². The molecular formula is C13H16FN3O3. The fourth-order valence-corrected chi connectivity index (χ4v) is 2.08. The molecule has 1 aliphatic heterocycles. The number of nitrogens with one attached hydrogen (secondary N) is 1. The van der Waals surface area contributed by atoms with Crippen molar-refractivity contribution >= 4 is 23.2 Å². The minimum Gasteiger partial charge on any atom is -0.491 e. The molecule has 1 atom stereocenters. The summed E-state index contributed by atoms with van der Waals surface area (Å²) in [6.07, 6.45) is 0. The molecule has 6 nitrogen and oxygen atoms in total. The Morgan fingerprint density at radius 2 is 2.20 bits per heavy atom. The van der Waals surface area contributed by atoms with Crippen LogP contribution in [0.3, 0.4) is 0 Å². The van der Waals surface area contributed by atoms with E-state index in [1.54, 1.807) is 13.8 Å². The van der Waals surface area contributed by atoms with Crippen LogP contribution in [0.25, 0.3) is 0 Å². The summed E-state index contributed by atoms with van der Waals surface area (Å²) in [5, 5.41) is 2.23. The van der Waals surface area contributed by atoms with Gasteiger partial charge in [-0.1, -0.05) is 0 Å². The van der Waals surface area contributed by atoms with Gasteiger partial charge in [0.1, 0.15) is 6.04 Å². The van der Waals surface area contributed by atoms with Crippen LogP contribution in [0.15, 0.2) is 12.1 Å². The Bertz CT molecular complexity index is 562. The van der Waals surface area contributed by atoms with Crippen molar-refractivity contribution in [1.82, 2.24) is 5.32 Å². The van der Waals surface area contributed by atoms with Gasteiger partial charge in [-0.25, -0.2) is 4.39 Å². The smallest absolute Gasteiger partial charge is 0.249 e. The van der Waals surface area contributed by atoms with Crippen LogP contribution in [0.5, 0.6) is 5.75 Å². The van der Waals surface area contributed by atoms with E-state index in [9.17, 15) is 14.0 Å². The van der Waals surface area contributed by atoms with Crippen molar-refractivity contribution in [2.75, 3.05) is 23.8 Å². The van der Waals surface area contributed by atoms with Crippen LogP contribution in [0, 0.1) is 5.82 Å². The van der Waals surface area contributed by atoms with Gasteiger partial charge in [0, 0.05) is 12.1 Å². The number of nitrogen functional groups attached to an aromatic ring is 1. The third-order valence-corrected chi connectivity index (χ3v) is 3.11. The molecule has 2 amide bonds. The molecule has 0 spiro atoms. The van der Waals surface area contributed by atoms with Crippen molar-refractivity contribution < 1.29 is 18.7 Å². The number of carbonyl (C=O) groups excluding carboxylic acids is 2. The normalized spacial score (nSPS) is 18.9. The monoisotopic (exact) mass is 281 g/mol. The van der Waals surface area contributed by atoms with Gasteiger partial charge in [0.25, 0.3) is 0 Å². The van der Waals surface area contributed by atoms with E-state index in [2.05, 4.69) is 5.32 Å². The number of rotatable bonds is 3. The molecule has 20 heavy (non-hydrogen) atoms. The van der Waals surface area contributed by atoms with E-state index in [1.807, 2.05) is 0 Å². The minimum absolute atomic E-state index is 0.0195. The first-order valence-electron chi connectivity index (χ1n) is 6.26. The highest BCUT2D eigenvalue weighted by Gasteiger charge is 2.31. The standard InChI is InChI=1S/C13H16FN3O3/c1-3-20-11-5-10(9(15)4-8(11)14)17-6-12(18)16-13(19)7(17)2/h4-5,7H,3,6,15H2,1-2H3,(H,16,18,19). The molecule has 0 bridgehead atoms. The SMILES string of the molecule is CCOc1cc(N2CC(=O)NC(=O)C2C)c(N)cc1F. The van der Waals surface area contributed by atoms with E-state index in [0.29, 0.717) is 12.3 Å². The second-order valence-corrected chi connectivity index (χ2v) is 4.49. The van der Waals surface area contributed by atoms with Gasteiger partial charge in [0.2, 0.25) is 11.8 Å². The van der Waals surface area contributed by atoms with Crippen LogP contribution in [0.2, 0.25) is 0 Å². The number of piperazine rings is 1. The third kappa shape index (κ3) is 2.52. The number of halogens is 1. The van der Waals surface area contributed by atoms with Gasteiger partial charge in [0.05, 0.1) is 24.5 Å². The molecule has 1 aliphatic rings. The molecule has 7 heteroatoms. The molecule has 0 aromatic heterocycles. The molecule has 0 saturated carbocycles. The van der Waals surface area contributed by atoms with E-state index < -0.39 is 23.7 Å². The van der Waals surface area contributed by atoms with Crippen molar-refractivity contribution in [3.63, 3.8) is 0 Å². The number of carbonyl (C=O) groups is 2. The van der Waals surface area contributed by atoms with Crippen molar-refractivity contribution in [2.24, 2.45) is 0 Å². The van der Waals surface area contributed by atoms with Crippen molar-refractivity contribution in [3.05, 3.63) is 17.9 Å². The van der Waals surface area contributed by atoms with Crippen LogP contribution >= 0.6 is 0 Å². The van der Waals surface area contributed by atoms with Crippen molar-refractivity contribution in [2.45, 2.75) is 19.9 Å².